The summed E-state index contributed by atoms with van der Waals surface area (Å²) in [5.41, 5.74) is 1.14. The molecule has 4 heteroatoms. The smallest absolute Gasteiger partial charge is 0.150 e. The van der Waals surface area contributed by atoms with E-state index >= 15 is 0 Å². The summed E-state index contributed by atoms with van der Waals surface area (Å²) < 4.78 is 1.20. The average Bonchev–Trinajstić information content (AvgIpc) is 2.62. The molecule has 15 heavy (non-hydrogen) atoms. The van der Waals surface area contributed by atoms with E-state index in [0.717, 1.165) is 24.5 Å². The molecule has 1 unspecified atom stereocenters. The summed E-state index contributed by atoms with van der Waals surface area (Å²) in [7, 11) is 0. The van der Waals surface area contributed by atoms with Crippen molar-refractivity contribution in [3.63, 3.8) is 0 Å². The molecule has 0 aliphatic heterocycles. The van der Waals surface area contributed by atoms with Gasteiger partial charge in [0.05, 0.1) is 0 Å². The van der Waals surface area contributed by atoms with Gasteiger partial charge < -0.3 is 5.32 Å². The van der Waals surface area contributed by atoms with Crippen LogP contribution in [0.5, 0.6) is 0 Å². The van der Waals surface area contributed by atoms with E-state index in [4.69, 9.17) is 0 Å². The number of aryl methyl sites for hydroxylation is 1. The van der Waals surface area contributed by atoms with Crippen LogP contribution in [0.2, 0.25) is 0 Å². The maximum absolute atomic E-state index is 4.44. The molecular formula is C11H20N2S2. The van der Waals surface area contributed by atoms with Crippen LogP contribution in [-0.4, -0.2) is 23.8 Å². The number of rotatable bonds is 7. The van der Waals surface area contributed by atoms with E-state index in [1.807, 2.05) is 18.7 Å². The first-order chi connectivity index (χ1) is 7.22. The maximum atomic E-state index is 4.44. The number of aromatic nitrogens is 1. The minimum Gasteiger partial charge on any atom is -0.316 e. The first kappa shape index (κ1) is 13.0. The van der Waals surface area contributed by atoms with E-state index in [1.165, 1.54) is 10.8 Å². The number of hydrogen-bond donors (Lipinski definition) is 1. The number of hydrogen-bond acceptors (Lipinski definition) is 4. The van der Waals surface area contributed by atoms with Crippen molar-refractivity contribution in [1.82, 2.24) is 10.3 Å². The zero-order valence-corrected chi connectivity index (χ0v) is 11.4. The van der Waals surface area contributed by atoms with Crippen molar-refractivity contribution in [1.29, 1.82) is 0 Å². The zero-order valence-electron chi connectivity index (χ0n) is 9.75. The van der Waals surface area contributed by atoms with E-state index < -0.39 is 0 Å². The standard InChI is InChI=1S/C11H20N2S2/c1-4-5-12-6-9(2)7-14-11-13-10(3)8-15-11/h8-9,12H,4-7H2,1-3H3. The Balaban J connectivity index is 2.13. The van der Waals surface area contributed by atoms with E-state index in [1.54, 1.807) is 11.3 Å². The second-order valence-corrected chi connectivity index (χ2v) is 6.00. The Morgan fingerprint density at radius 1 is 1.60 bits per heavy atom. The van der Waals surface area contributed by atoms with Crippen LogP contribution in [0, 0.1) is 12.8 Å². The SMILES string of the molecule is CCCNCC(C)CSc1nc(C)cs1. The molecule has 1 aromatic heterocycles. The third-order valence-electron chi connectivity index (χ3n) is 2.01. The number of thioether (sulfide) groups is 1. The van der Waals surface area contributed by atoms with Crippen LogP contribution in [0.15, 0.2) is 9.72 Å². The predicted molar refractivity (Wildman–Crippen MR) is 69.9 cm³/mol. The molecule has 86 valence electrons. The summed E-state index contributed by atoms with van der Waals surface area (Å²) in [5.74, 6) is 1.87. The molecule has 0 amide bonds. The van der Waals surface area contributed by atoms with Crippen LogP contribution in [0.1, 0.15) is 26.0 Å². The molecular weight excluding hydrogens is 224 g/mol. The Bertz CT molecular complexity index is 273. The van der Waals surface area contributed by atoms with Crippen molar-refractivity contribution in [2.45, 2.75) is 31.5 Å². The van der Waals surface area contributed by atoms with Crippen molar-refractivity contribution in [3.05, 3.63) is 11.1 Å². The predicted octanol–water partition coefficient (Wildman–Crippen LogP) is 3.18. The molecule has 1 rings (SSSR count). The maximum Gasteiger partial charge on any atom is 0.150 e. The quantitative estimate of drug-likeness (QED) is 0.589. The summed E-state index contributed by atoms with van der Waals surface area (Å²) in [4.78, 5) is 4.44. The van der Waals surface area contributed by atoms with E-state index in [9.17, 15) is 0 Å². The van der Waals surface area contributed by atoms with Gasteiger partial charge in [0.25, 0.3) is 0 Å². The largest absolute Gasteiger partial charge is 0.316 e. The van der Waals surface area contributed by atoms with Gasteiger partial charge in [-0.05, 0) is 32.4 Å². The molecule has 0 radical (unpaired) electrons. The molecule has 2 nitrogen and oxygen atoms in total. The molecule has 1 atom stereocenters. The lowest BCUT2D eigenvalue weighted by Gasteiger charge is -2.10. The number of thiazole rings is 1. The second kappa shape index (κ2) is 7.25. The molecule has 0 aromatic carbocycles. The normalized spacial score (nSPS) is 13.0. The fourth-order valence-electron chi connectivity index (χ4n) is 1.20. The minimum atomic E-state index is 0.714. The van der Waals surface area contributed by atoms with Gasteiger partial charge in [0.2, 0.25) is 0 Å². The third kappa shape index (κ3) is 5.54. The highest BCUT2D eigenvalue weighted by atomic mass is 32.2. The van der Waals surface area contributed by atoms with E-state index in [2.05, 4.69) is 29.5 Å². The van der Waals surface area contributed by atoms with E-state index in [0.29, 0.717) is 5.92 Å². The van der Waals surface area contributed by atoms with Gasteiger partial charge in [-0.2, -0.15) is 0 Å². The third-order valence-corrected chi connectivity index (χ3v) is 4.48. The van der Waals surface area contributed by atoms with Gasteiger partial charge in [0, 0.05) is 16.8 Å². The first-order valence-corrected chi connectivity index (χ1v) is 7.34. The Morgan fingerprint density at radius 3 is 3.00 bits per heavy atom. The monoisotopic (exact) mass is 244 g/mol. The van der Waals surface area contributed by atoms with Gasteiger partial charge in [0.1, 0.15) is 4.34 Å². The molecule has 1 aromatic rings. The molecule has 0 spiro atoms. The van der Waals surface area contributed by atoms with Crippen molar-refractivity contribution in [2.24, 2.45) is 5.92 Å². The van der Waals surface area contributed by atoms with Crippen LogP contribution in [0.3, 0.4) is 0 Å². The highest BCUT2D eigenvalue weighted by Crippen LogP contribution is 2.24. The summed E-state index contributed by atoms with van der Waals surface area (Å²) in [6.45, 7) is 8.78. The Morgan fingerprint density at radius 2 is 2.40 bits per heavy atom. The first-order valence-electron chi connectivity index (χ1n) is 5.48. The van der Waals surface area contributed by atoms with Crippen LogP contribution in [-0.2, 0) is 0 Å². The lowest BCUT2D eigenvalue weighted by atomic mass is 10.2. The van der Waals surface area contributed by atoms with Gasteiger partial charge in [-0.15, -0.1) is 11.3 Å². The van der Waals surface area contributed by atoms with Gasteiger partial charge in [-0.25, -0.2) is 4.98 Å². The van der Waals surface area contributed by atoms with Crippen molar-refractivity contribution in [2.75, 3.05) is 18.8 Å². The van der Waals surface area contributed by atoms with Crippen LogP contribution >= 0.6 is 23.1 Å². The van der Waals surface area contributed by atoms with Gasteiger partial charge >= 0.3 is 0 Å². The molecule has 0 bridgehead atoms. The molecule has 1 N–H and O–H groups in total. The summed E-state index contributed by atoms with van der Waals surface area (Å²) >= 11 is 3.63. The van der Waals surface area contributed by atoms with Crippen molar-refractivity contribution >= 4 is 23.1 Å². The van der Waals surface area contributed by atoms with Gasteiger partial charge in [-0.1, -0.05) is 25.6 Å². The van der Waals surface area contributed by atoms with Crippen LogP contribution < -0.4 is 5.32 Å². The molecule has 0 saturated carbocycles. The highest BCUT2D eigenvalue weighted by molar-refractivity contribution is 8.01. The molecule has 0 fully saturated rings. The van der Waals surface area contributed by atoms with Crippen LogP contribution in [0.4, 0.5) is 0 Å². The Kier molecular flexibility index (Phi) is 6.29. The lowest BCUT2D eigenvalue weighted by Crippen LogP contribution is -2.23. The Labute approximate surface area is 101 Å². The van der Waals surface area contributed by atoms with Gasteiger partial charge in [0.15, 0.2) is 0 Å². The van der Waals surface area contributed by atoms with E-state index in [-0.39, 0.29) is 0 Å². The van der Waals surface area contributed by atoms with Crippen molar-refractivity contribution < 1.29 is 0 Å². The second-order valence-electron chi connectivity index (χ2n) is 3.88. The minimum absolute atomic E-state index is 0.714. The topological polar surface area (TPSA) is 24.9 Å². The molecule has 0 aliphatic carbocycles. The van der Waals surface area contributed by atoms with Crippen LogP contribution in [0.25, 0.3) is 0 Å². The molecule has 0 aliphatic rings. The van der Waals surface area contributed by atoms with Crippen molar-refractivity contribution in [3.8, 4) is 0 Å². The fourth-order valence-corrected chi connectivity index (χ4v) is 3.09. The number of nitrogens with zero attached hydrogens (tertiary/aromatic N) is 1. The number of nitrogens with one attached hydrogen (secondary N) is 1. The summed E-state index contributed by atoms with van der Waals surface area (Å²) in [6, 6.07) is 0. The summed E-state index contributed by atoms with van der Waals surface area (Å²) in [6.07, 6.45) is 1.21. The fraction of sp³-hybridized carbons (Fsp3) is 0.727. The lowest BCUT2D eigenvalue weighted by molar-refractivity contribution is 0.557. The highest BCUT2D eigenvalue weighted by Gasteiger charge is 2.04. The average molecular weight is 244 g/mol. The Hall–Kier alpha value is -0.0600. The summed E-state index contributed by atoms with van der Waals surface area (Å²) in [5, 5.41) is 5.56. The van der Waals surface area contributed by atoms with Gasteiger partial charge in [-0.3, -0.25) is 0 Å². The molecule has 1 heterocycles. The molecule has 0 saturated heterocycles. The zero-order chi connectivity index (χ0) is 11.1.